The average molecular weight is 536 g/mol. The van der Waals surface area contributed by atoms with Crippen molar-refractivity contribution in [3.63, 3.8) is 0 Å². The van der Waals surface area contributed by atoms with Crippen LogP contribution in [0.2, 0.25) is 5.02 Å². The van der Waals surface area contributed by atoms with Crippen LogP contribution in [0, 0.1) is 0 Å². The summed E-state index contributed by atoms with van der Waals surface area (Å²) in [5, 5.41) is 16.2. The molecule has 4 aromatic rings. The van der Waals surface area contributed by atoms with Gasteiger partial charge in [-0.3, -0.25) is 4.90 Å². The molecular formula is C30H34ClN3O4. The summed E-state index contributed by atoms with van der Waals surface area (Å²) in [6.45, 7) is 2.68. The van der Waals surface area contributed by atoms with Gasteiger partial charge in [-0.05, 0) is 17.7 Å². The molecule has 4 rings (SSSR count). The van der Waals surface area contributed by atoms with Gasteiger partial charge in [-0.15, -0.1) is 0 Å². The Morgan fingerprint density at radius 3 is 2.37 bits per heavy atom. The molecule has 0 aliphatic rings. The molecule has 1 N–H and O–H groups in total. The molecule has 0 bridgehead atoms. The van der Waals surface area contributed by atoms with Gasteiger partial charge in [0.25, 0.3) is 0 Å². The van der Waals surface area contributed by atoms with E-state index in [0.717, 1.165) is 22.4 Å². The molecule has 0 radical (unpaired) electrons. The second-order valence-corrected chi connectivity index (χ2v) is 9.44. The molecule has 0 fully saturated rings. The van der Waals surface area contributed by atoms with Gasteiger partial charge in [0.1, 0.15) is 11.4 Å². The number of benzene rings is 3. The summed E-state index contributed by atoms with van der Waals surface area (Å²) in [7, 11) is 3.52. The second-order valence-electron chi connectivity index (χ2n) is 9.04. The number of aryl methyl sites for hydroxylation is 1. The van der Waals surface area contributed by atoms with Gasteiger partial charge in [0, 0.05) is 39.4 Å². The third kappa shape index (κ3) is 7.66. The van der Waals surface area contributed by atoms with Gasteiger partial charge in [-0.1, -0.05) is 84.4 Å². The van der Waals surface area contributed by atoms with Crippen molar-refractivity contribution >= 4 is 11.6 Å². The summed E-state index contributed by atoms with van der Waals surface area (Å²) in [6.07, 6.45) is -0.680. The number of aliphatic hydroxyl groups excluding tert-OH is 1. The number of hydrogen-bond acceptors (Lipinski definition) is 6. The van der Waals surface area contributed by atoms with E-state index < -0.39 is 6.10 Å². The fourth-order valence-corrected chi connectivity index (χ4v) is 4.37. The lowest BCUT2D eigenvalue weighted by molar-refractivity contribution is 0.00472. The van der Waals surface area contributed by atoms with Crippen LogP contribution in [-0.4, -0.2) is 59.3 Å². The highest BCUT2D eigenvalue weighted by Crippen LogP contribution is 2.36. The van der Waals surface area contributed by atoms with Crippen molar-refractivity contribution in [1.82, 2.24) is 14.7 Å². The van der Waals surface area contributed by atoms with Crippen molar-refractivity contribution in [3.05, 3.63) is 101 Å². The predicted octanol–water partition coefficient (Wildman–Crippen LogP) is 5.56. The SMILES string of the molecule is COCCN(Cc1c(-c2ccccc2)nn(C)c1Oc1ccccc1Cl)C[C@H](O)COCc1ccccc1. The van der Waals surface area contributed by atoms with Crippen LogP contribution in [0.5, 0.6) is 11.6 Å². The van der Waals surface area contributed by atoms with Crippen molar-refractivity contribution in [2.75, 3.05) is 33.4 Å². The molecule has 0 saturated heterocycles. The summed E-state index contributed by atoms with van der Waals surface area (Å²) in [4.78, 5) is 2.13. The summed E-state index contributed by atoms with van der Waals surface area (Å²) >= 11 is 6.41. The number of rotatable bonds is 14. The Morgan fingerprint density at radius 2 is 1.66 bits per heavy atom. The second kappa shape index (κ2) is 14.1. The zero-order valence-corrected chi connectivity index (χ0v) is 22.6. The summed E-state index contributed by atoms with van der Waals surface area (Å²) in [5.74, 6) is 1.14. The molecule has 3 aromatic carbocycles. The molecule has 1 atom stereocenters. The first-order valence-corrected chi connectivity index (χ1v) is 13.0. The van der Waals surface area contributed by atoms with E-state index in [1.807, 2.05) is 85.9 Å². The van der Waals surface area contributed by atoms with E-state index in [2.05, 4.69) is 4.90 Å². The number of aliphatic hydroxyl groups is 1. The van der Waals surface area contributed by atoms with Crippen molar-refractivity contribution in [1.29, 1.82) is 0 Å². The van der Waals surface area contributed by atoms with E-state index in [9.17, 15) is 5.11 Å². The minimum Gasteiger partial charge on any atom is -0.437 e. The lowest BCUT2D eigenvalue weighted by atomic mass is 10.1. The molecule has 0 unspecified atom stereocenters. The van der Waals surface area contributed by atoms with Crippen LogP contribution in [0.3, 0.4) is 0 Å². The van der Waals surface area contributed by atoms with Crippen LogP contribution in [0.25, 0.3) is 11.3 Å². The zero-order valence-electron chi connectivity index (χ0n) is 21.8. The van der Waals surface area contributed by atoms with Crippen molar-refractivity contribution in [3.8, 4) is 22.9 Å². The third-order valence-corrected chi connectivity index (χ3v) is 6.37. The van der Waals surface area contributed by atoms with Gasteiger partial charge in [0.2, 0.25) is 5.88 Å². The Hall–Kier alpha value is -3.20. The van der Waals surface area contributed by atoms with Crippen LogP contribution in [0.1, 0.15) is 11.1 Å². The van der Waals surface area contributed by atoms with E-state index in [-0.39, 0.29) is 6.61 Å². The Bertz CT molecular complexity index is 1270. The number of aromatic nitrogens is 2. The number of halogens is 1. The van der Waals surface area contributed by atoms with Gasteiger partial charge >= 0.3 is 0 Å². The van der Waals surface area contributed by atoms with E-state index >= 15 is 0 Å². The first-order valence-electron chi connectivity index (χ1n) is 12.6. The number of hydrogen-bond donors (Lipinski definition) is 1. The molecule has 0 aliphatic carbocycles. The van der Waals surface area contributed by atoms with E-state index in [1.54, 1.807) is 17.9 Å². The molecule has 1 aromatic heterocycles. The predicted molar refractivity (Wildman–Crippen MR) is 149 cm³/mol. The van der Waals surface area contributed by atoms with Crippen LogP contribution in [0.4, 0.5) is 0 Å². The molecule has 7 nitrogen and oxygen atoms in total. The van der Waals surface area contributed by atoms with Gasteiger partial charge in [-0.2, -0.15) is 5.10 Å². The van der Waals surface area contributed by atoms with Crippen LogP contribution in [-0.2, 0) is 29.7 Å². The molecule has 0 saturated carbocycles. The van der Waals surface area contributed by atoms with Crippen LogP contribution < -0.4 is 4.74 Å². The maximum absolute atomic E-state index is 10.8. The monoisotopic (exact) mass is 535 g/mol. The van der Waals surface area contributed by atoms with Crippen molar-refractivity contribution in [2.45, 2.75) is 19.3 Å². The Morgan fingerprint density at radius 1 is 0.974 bits per heavy atom. The number of methoxy groups -OCH3 is 1. The molecule has 1 heterocycles. The Kier molecular flexibility index (Phi) is 10.3. The third-order valence-electron chi connectivity index (χ3n) is 6.06. The fourth-order valence-electron chi connectivity index (χ4n) is 4.20. The molecule has 0 aliphatic heterocycles. The highest BCUT2D eigenvalue weighted by Gasteiger charge is 2.24. The van der Waals surface area contributed by atoms with E-state index in [1.165, 1.54) is 0 Å². The number of para-hydroxylation sites is 1. The summed E-state index contributed by atoms with van der Waals surface area (Å²) < 4.78 is 19.2. The first kappa shape index (κ1) is 27.8. The average Bonchev–Trinajstić information content (AvgIpc) is 3.24. The normalized spacial score (nSPS) is 12.1. The molecule has 8 heteroatoms. The lowest BCUT2D eigenvalue weighted by Crippen LogP contribution is -2.36. The Labute approximate surface area is 229 Å². The molecule has 200 valence electrons. The van der Waals surface area contributed by atoms with Crippen molar-refractivity contribution in [2.24, 2.45) is 7.05 Å². The highest BCUT2D eigenvalue weighted by molar-refractivity contribution is 6.32. The maximum Gasteiger partial charge on any atom is 0.222 e. The number of ether oxygens (including phenoxy) is 3. The first-order chi connectivity index (χ1) is 18.5. The fraction of sp³-hybridized carbons (Fsp3) is 0.300. The van der Waals surface area contributed by atoms with Crippen molar-refractivity contribution < 1.29 is 19.3 Å². The topological polar surface area (TPSA) is 69.0 Å². The largest absolute Gasteiger partial charge is 0.437 e. The van der Waals surface area contributed by atoms with Gasteiger partial charge in [0.05, 0.1) is 36.5 Å². The minimum atomic E-state index is -0.680. The smallest absolute Gasteiger partial charge is 0.222 e. The summed E-state index contributed by atoms with van der Waals surface area (Å²) in [5.41, 5.74) is 3.75. The van der Waals surface area contributed by atoms with E-state index in [4.69, 9.17) is 30.9 Å². The van der Waals surface area contributed by atoms with E-state index in [0.29, 0.717) is 49.5 Å². The quantitative estimate of drug-likeness (QED) is 0.228. The number of nitrogens with zero attached hydrogens (tertiary/aromatic N) is 3. The minimum absolute atomic E-state index is 0.222. The maximum atomic E-state index is 10.8. The van der Waals surface area contributed by atoms with Gasteiger partial charge in [0.15, 0.2) is 0 Å². The lowest BCUT2D eigenvalue weighted by Gasteiger charge is -2.25. The molecule has 0 amide bonds. The van der Waals surface area contributed by atoms with Crippen LogP contribution >= 0.6 is 11.6 Å². The summed E-state index contributed by atoms with van der Waals surface area (Å²) in [6, 6.07) is 27.3. The van der Waals surface area contributed by atoms with Gasteiger partial charge in [-0.25, -0.2) is 4.68 Å². The zero-order chi connectivity index (χ0) is 26.7. The van der Waals surface area contributed by atoms with Crippen LogP contribution in [0.15, 0.2) is 84.9 Å². The van der Waals surface area contributed by atoms with Gasteiger partial charge < -0.3 is 19.3 Å². The molecular weight excluding hydrogens is 502 g/mol. The molecule has 38 heavy (non-hydrogen) atoms. The highest BCUT2D eigenvalue weighted by atomic mass is 35.5. The molecule has 0 spiro atoms. The Balaban J connectivity index is 1.56. The standard InChI is InChI=1S/C30H34ClN3O4/c1-33-30(38-28-16-10-9-15-27(28)31)26(29(32-33)24-13-7-4-8-14-24)20-34(17-18-36-2)19-25(35)22-37-21-23-11-5-3-6-12-23/h3-16,25,35H,17-22H2,1-2H3/t25-/m0/s1.